The van der Waals surface area contributed by atoms with Crippen LogP contribution < -0.4 is 5.32 Å². The fourth-order valence-electron chi connectivity index (χ4n) is 1.86. The average molecular weight is 246 g/mol. The number of hydrogen-bond donors (Lipinski definition) is 1. The Morgan fingerprint density at radius 3 is 2.56 bits per heavy atom. The standard InChI is InChI=1S/C13H18N4O/c1-5-10-7-11(14-6-2)16-13(15-10)12-8(3)17-18-9(12)4/h7H,5-6H2,1-4H3,(H,14,15,16). The SMILES string of the molecule is CCNc1cc(CC)nc(-c2c(C)noc2C)n1. The van der Waals surface area contributed by atoms with Crippen LogP contribution in [0.25, 0.3) is 11.4 Å². The highest BCUT2D eigenvalue weighted by molar-refractivity contribution is 5.62. The summed E-state index contributed by atoms with van der Waals surface area (Å²) in [5, 5.41) is 7.17. The second kappa shape index (κ2) is 5.16. The maximum Gasteiger partial charge on any atom is 0.167 e. The van der Waals surface area contributed by atoms with Gasteiger partial charge in [-0.05, 0) is 27.2 Å². The Bertz CT molecular complexity index is 528. The smallest absolute Gasteiger partial charge is 0.167 e. The third-order valence-corrected chi connectivity index (χ3v) is 2.76. The molecule has 2 heterocycles. The molecule has 0 saturated heterocycles. The number of aromatic nitrogens is 3. The lowest BCUT2D eigenvalue weighted by atomic mass is 10.2. The number of aryl methyl sites for hydroxylation is 3. The predicted molar refractivity (Wildman–Crippen MR) is 70.5 cm³/mol. The normalized spacial score (nSPS) is 10.7. The van der Waals surface area contributed by atoms with Gasteiger partial charge in [0.15, 0.2) is 5.82 Å². The van der Waals surface area contributed by atoms with Gasteiger partial charge in [0.25, 0.3) is 0 Å². The van der Waals surface area contributed by atoms with Crippen LogP contribution >= 0.6 is 0 Å². The lowest BCUT2D eigenvalue weighted by molar-refractivity contribution is 0.393. The van der Waals surface area contributed by atoms with Crippen molar-refractivity contribution in [3.05, 3.63) is 23.2 Å². The largest absolute Gasteiger partial charge is 0.370 e. The molecule has 0 amide bonds. The first-order valence-electron chi connectivity index (χ1n) is 6.20. The van der Waals surface area contributed by atoms with Crippen molar-refractivity contribution in [1.82, 2.24) is 15.1 Å². The van der Waals surface area contributed by atoms with E-state index in [0.717, 1.165) is 41.5 Å². The molecule has 2 aromatic rings. The van der Waals surface area contributed by atoms with Crippen molar-refractivity contribution in [3.8, 4) is 11.4 Å². The topological polar surface area (TPSA) is 63.8 Å². The van der Waals surface area contributed by atoms with Gasteiger partial charge in [-0.25, -0.2) is 9.97 Å². The van der Waals surface area contributed by atoms with E-state index in [1.807, 2.05) is 26.8 Å². The molecule has 0 aliphatic rings. The van der Waals surface area contributed by atoms with E-state index < -0.39 is 0 Å². The molecule has 5 heteroatoms. The second-order valence-electron chi connectivity index (χ2n) is 4.15. The van der Waals surface area contributed by atoms with Crippen LogP contribution in [0, 0.1) is 13.8 Å². The molecule has 5 nitrogen and oxygen atoms in total. The number of nitrogens with one attached hydrogen (secondary N) is 1. The van der Waals surface area contributed by atoms with Crippen LogP contribution in [-0.2, 0) is 6.42 Å². The van der Waals surface area contributed by atoms with Crippen LogP contribution in [0.2, 0.25) is 0 Å². The molecular weight excluding hydrogens is 228 g/mol. The van der Waals surface area contributed by atoms with Crippen molar-refractivity contribution in [2.75, 3.05) is 11.9 Å². The van der Waals surface area contributed by atoms with Crippen molar-refractivity contribution in [2.24, 2.45) is 0 Å². The maximum absolute atomic E-state index is 5.17. The van der Waals surface area contributed by atoms with Crippen molar-refractivity contribution in [1.29, 1.82) is 0 Å². The van der Waals surface area contributed by atoms with E-state index in [1.165, 1.54) is 0 Å². The summed E-state index contributed by atoms with van der Waals surface area (Å²) in [5.74, 6) is 2.28. The summed E-state index contributed by atoms with van der Waals surface area (Å²) in [6.07, 6.45) is 0.872. The van der Waals surface area contributed by atoms with E-state index in [2.05, 4.69) is 27.4 Å². The molecule has 0 saturated carbocycles. The fraction of sp³-hybridized carbons (Fsp3) is 0.462. The summed E-state index contributed by atoms with van der Waals surface area (Å²) in [6, 6.07) is 1.98. The molecule has 0 radical (unpaired) electrons. The lowest BCUT2D eigenvalue weighted by Crippen LogP contribution is -2.04. The number of rotatable bonds is 4. The monoisotopic (exact) mass is 246 g/mol. The van der Waals surface area contributed by atoms with Gasteiger partial charge in [-0.2, -0.15) is 0 Å². The Balaban J connectivity index is 2.53. The summed E-state index contributed by atoms with van der Waals surface area (Å²) in [7, 11) is 0. The van der Waals surface area contributed by atoms with Crippen molar-refractivity contribution < 1.29 is 4.52 Å². The van der Waals surface area contributed by atoms with Gasteiger partial charge in [-0.3, -0.25) is 0 Å². The molecule has 18 heavy (non-hydrogen) atoms. The molecule has 0 aliphatic heterocycles. The average Bonchev–Trinajstić information content (AvgIpc) is 2.69. The molecule has 2 rings (SSSR count). The third-order valence-electron chi connectivity index (χ3n) is 2.76. The summed E-state index contributed by atoms with van der Waals surface area (Å²) in [5.41, 5.74) is 2.73. The van der Waals surface area contributed by atoms with Crippen molar-refractivity contribution in [2.45, 2.75) is 34.1 Å². The van der Waals surface area contributed by atoms with Crippen molar-refractivity contribution >= 4 is 5.82 Å². The molecule has 0 unspecified atom stereocenters. The predicted octanol–water partition coefficient (Wildman–Crippen LogP) is 2.74. The molecule has 0 aromatic carbocycles. The molecule has 0 fully saturated rings. The zero-order valence-corrected chi connectivity index (χ0v) is 11.2. The van der Waals surface area contributed by atoms with Crippen LogP contribution in [0.4, 0.5) is 5.82 Å². The van der Waals surface area contributed by atoms with Gasteiger partial charge < -0.3 is 9.84 Å². The Morgan fingerprint density at radius 1 is 1.22 bits per heavy atom. The highest BCUT2D eigenvalue weighted by Gasteiger charge is 2.15. The number of anilines is 1. The van der Waals surface area contributed by atoms with E-state index in [4.69, 9.17) is 4.52 Å². The molecule has 0 bridgehead atoms. The molecular formula is C13H18N4O. The first kappa shape index (κ1) is 12.5. The zero-order valence-electron chi connectivity index (χ0n) is 11.2. The van der Waals surface area contributed by atoms with Crippen LogP contribution in [0.15, 0.2) is 10.6 Å². The Morgan fingerprint density at radius 2 is 2.00 bits per heavy atom. The quantitative estimate of drug-likeness (QED) is 0.898. The minimum atomic E-state index is 0.682. The molecule has 2 aromatic heterocycles. The van der Waals surface area contributed by atoms with Crippen molar-refractivity contribution in [3.63, 3.8) is 0 Å². The van der Waals surface area contributed by atoms with Gasteiger partial charge in [-0.15, -0.1) is 0 Å². The minimum absolute atomic E-state index is 0.682. The summed E-state index contributed by atoms with van der Waals surface area (Å²) < 4.78 is 5.17. The summed E-state index contributed by atoms with van der Waals surface area (Å²) >= 11 is 0. The van der Waals surface area contributed by atoms with Crippen LogP contribution in [0.1, 0.15) is 31.0 Å². The Kier molecular flexibility index (Phi) is 3.60. The number of nitrogens with zero attached hydrogens (tertiary/aromatic N) is 3. The fourth-order valence-corrected chi connectivity index (χ4v) is 1.86. The molecule has 1 N–H and O–H groups in total. The van der Waals surface area contributed by atoms with E-state index in [1.54, 1.807) is 0 Å². The van der Waals surface area contributed by atoms with E-state index in [0.29, 0.717) is 5.82 Å². The van der Waals surface area contributed by atoms with E-state index >= 15 is 0 Å². The van der Waals surface area contributed by atoms with Crippen LogP contribution in [-0.4, -0.2) is 21.7 Å². The highest BCUT2D eigenvalue weighted by Crippen LogP contribution is 2.25. The van der Waals surface area contributed by atoms with Gasteiger partial charge in [0.05, 0.1) is 11.3 Å². The molecule has 0 spiro atoms. The van der Waals surface area contributed by atoms with E-state index in [9.17, 15) is 0 Å². The third kappa shape index (κ3) is 2.34. The van der Waals surface area contributed by atoms with Gasteiger partial charge in [0.1, 0.15) is 11.6 Å². The van der Waals surface area contributed by atoms with Gasteiger partial charge in [-0.1, -0.05) is 12.1 Å². The first-order chi connectivity index (χ1) is 8.65. The molecule has 0 aliphatic carbocycles. The van der Waals surface area contributed by atoms with E-state index in [-0.39, 0.29) is 0 Å². The molecule has 96 valence electrons. The first-order valence-corrected chi connectivity index (χ1v) is 6.20. The summed E-state index contributed by atoms with van der Waals surface area (Å²) in [6.45, 7) is 8.74. The van der Waals surface area contributed by atoms with Gasteiger partial charge in [0.2, 0.25) is 0 Å². The highest BCUT2D eigenvalue weighted by atomic mass is 16.5. The van der Waals surface area contributed by atoms with Gasteiger partial charge >= 0.3 is 0 Å². The number of hydrogen-bond acceptors (Lipinski definition) is 5. The zero-order chi connectivity index (χ0) is 13.1. The van der Waals surface area contributed by atoms with Gasteiger partial charge in [0, 0.05) is 18.3 Å². The second-order valence-corrected chi connectivity index (χ2v) is 4.15. The molecule has 0 atom stereocenters. The maximum atomic E-state index is 5.17. The Hall–Kier alpha value is -1.91. The lowest BCUT2D eigenvalue weighted by Gasteiger charge is -2.07. The summed E-state index contributed by atoms with van der Waals surface area (Å²) in [4.78, 5) is 9.06. The van der Waals surface area contributed by atoms with Crippen LogP contribution in [0.5, 0.6) is 0 Å². The Labute approximate surface area is 107 Å². The minimum Gasteiger partial charge on any atom is -0.370 e. The van der Waals surface area contributed by atoms with Crippen LogP contribution in [0.3, 0.4) is 0 Å².